The van der Waals surface area contributed by atoms with Crippen molar-refractivity contribution in [3.05, 3.63) is 41.2 Å². The molecule has 0 atom stereocenters. The Labute approximate surface area is 104 Å². The number of carbonyl (C=O) groups excluding carboxylic acids is 1. The number of pyridine rings is 1. The summed E-state index contributed by atoms with van der Waals surface area (Å²) < 4.78 is 0. The first kappa shape index (κ1) is 15.5. The summed E-state index contributed by atoms with van der Waals surface area (Å²) in [5.74, 6) is -2.61. The number of carboxylic acids is 2. The number of carboxylic acid groups (broad SMARTS) is 2. The highest BCUT2D eigenvalue weighted by Crippen LogP contribution is 2.11. The van der Waals surface area contributed by atoms with Crippen molar-refractivity contribution >= 4 is 18.2 Å². The number of aromatic carboxylic acids is 2. The number of hydrogen-bond donors (Lipinski definition) is 2. The minimum Gasteiger partial charge on any atom is -0.478 e. The quantitative estimate of drug-likeness (QED) is 0.623. The summed E-state index contributed by atoms with van der Waals surface area (Å²) >= 11 is 0. The maximum Gasteiger partial charge on any atom is 0.355 e. The summed E-state index contributed by atoms with van der Waals surface area (Å²) in [6.07, 6.45) is 5.15. The van der Waals surface area contributed by atoms with Crippen LogP contribution in [0.3, 0.4) is 0 Å². The molecule has 0 radical (unpaired) electrons. The van der Waals surface area contributed by atoms with Crippen molar-refractivity contribution in [2.45, 2.75) is 13.8 Å². The minimum absolute atomic E-state index is 0.255. The van der Waals surface area contributed by atoms with Crippen molar-refractivity contribution < 1.29 is 24.6 Å². The Morgan fingerprint density at radius 1 is 1.28 bits per heavy atom. The third-order valence-electron chi connectivity index (χ3n) is 1.85. The molecule has 96 valence electrons. The van der Waals surface area contributed by atoms with Gasteiger partial charge in [0.25, 0.3) is 0 Å². The Hall–Kier alpha value is -2.50. The normalized spacial score (nSPS) is 9.44. The lowest BCUT2D eigenvalue weighted by Crippen LogP contribution is -2.12. The molecule has 0 spiro atoms. The zero-order valence-corrected chi connectivity index (χ0v) is 9.95. The Morgan fingerprint density at radius 2 is 1.89 bits per heavy atom. The third kappa shape index (κ3) is 4.56. The van der Waals surface area contributed by atoms with E-state index in [9.17, 15) is 14.4 Å². The number of aromatic nitrogens is 1. The second-order valence-electron chi connectivity index (χ2n) is 3.12. The molecule has 1 aromatic rings. The van der Waals surface area contributed by atoms with Crippen LogP contribution in [0.2, 0.25) is 0 Å². The molecule has 0 aromatic carbocycles. The van der Waals surface area contributed by atoms with Gasteiger partial charge in [0.05, 0.1) is 5.56 Å². The van der Waals surface area contributed by atoms with Gasteiger partial charge in [-0.2, -0.15) is 0 Å². The van der Waals surface area contributed by atoms with Gasteiger partial charge in [-0.05, 0) is 31.6 Å². The van der Waals surface area contributed by atoms with E-state index >= 15 is 0 Å². The summed E-state index contributed by atoms with van der Waals surface area (Å²) in [6.45, 7) is 3.33. The topological polar surface area (TPSA) is 105 Å². The predicted molar refractivity (Wildman–Crippen MR) is 63.8 cm³/mol. The van der Waals surface area contributed by atoms with E-state index in [-0.39, 0.29) is 5.56 Å². The van der Waals surface area contributed by atoms with Gasteiger partial charge in [0.1, 0.15) is 6.29 Å². The Morgan fingerprint density at radius 3 is 2.17 bits per heavy atom. The van der Waals surface area contributed by atoms with E-state index < -0.39 is 17.6 Å². The number of allylic oxidation sites excluding steroid dienone is 2. The van der Waals surface area contributed by atoms with Gasteiger partial charge in [-0.25, -0.2) is 14.6 Å². The fourth-order valence-corrected chi connectivity index (χ4v) is 1.07. The first-order chi connectivity index (χ1) is 8.45. The molecule has 1 rings (SSSR count). The molecule has 0 saturated carbocycles. The fraction of sp³-hybridized carbons (Fsp3) is 0.167. The highest BCUT2D eigenvalue weighted by Gasteiger charge is 2.18. The first-order valence-corrected chi connectivity index (χ1v) is 4.94. The van der Waals surface area contributed by atoms with Crippen LogP contribution < -0.4 is 0 Å². The standard InChI is InChI=1S/C8H7NO4.C4H6O/c1-4-2-3-9-6(8(12)13)5(4)7(10)11;1-2-3-4-5/h2-3H,1H3,(H,10,11)(H,12,13);2-4H,1H3/b;3-2+. The van der Waals surface area contributed by atoms with Gasteiger partial charge < -0.3 is 10.2 Å². The van der Waals surface area contributed by atoms with Crippen LogP contribution in [0, 0.1) is 6.92 Å². The van der Waals surface area contributed by atoms with E-state index in [0.717, 1.165) is 6.29 Å². The summed E-state index contributed by atoms with van der Waals surface area (Å²) in [4.78, 5) is 34.0. The average molecular weight is 251 g/mol. The molecular weight excluding hydrogens is 238 g/mol. The van der Waals surface area contributed by atoms with Crippen LogP contribution >= 0.6 is 0 Å². The zero-order chi connectivity index (χ0) is 14.1. The van der Waals surface area contributed by atoms with E-state index in [0.29, 0.717) is 5.56 Å². The van der Waals surface area contributed by atoms with Gasteiger partial charge in [-0.1, -0.05) is 6.08 Å². The van der Waals surface area contributed by atoms with Gasteiger partial charge >= 0.3 is 11.9 Å². The molecule has 18 heavy (non-hydrogen) atoms. The number of carbonyl (C=O) groups is 3. The van der Waals surface area contributed by atoms with Crippen molar-refractivity contribution in [1.29, 1.82) is 0 Å². The second-order valence-corrected chi connectivity index (χ2v) is 3.12. The molecule has 1 aromatic heterocycles. The van der Waals surface area contributed by atoms with Gasteiger partial charge in [0.15, 0.2) is 5.69 Å². The summed E-state index contributed by atoms with van der Waals surface area (Å²) in [7, 11) is 0. The molecular formula is C12H13NO5. The number of aryl methyl sites for hydroxylation is 1. The molecule has 2 N–H and O–H groups in total. The molecule has 0 aliphatic heterocycles. The number of nitrogens with zero attached hydrogens (tertiary/aromatic N) is 1. The van der Waals surface area contributed by atoms with Crippen molar-refractivity contribution in [2.75, 3.05) is 0 Å². The first-order valence-electron chi connectivity index (χ1n) is 4.94. The monoisotopic (exact) mass is 251 g/mol. The lowest BCUT2D eigenvalue weighted by molar-refractivity contribution is -0.104. The van der Waals surface area contributed by atoms with Crippen LogP contribution in [0.25, 0.3) is 0 Å². The minimum atomic E-state index is -1.33. The number of rotatable bonds is 3. The van der Waals surface area contributed by atoms with Crippen LogP contribution in [0.1, 0.15) is 33.3 Å². The molecule has 0 amide bonds. The smallest absolute Gasteiger partial charge is 0.355 e. The van der Waals surface area contributed by atoms with E-state index in [1.165, 1.54) is 25.3 Å². The lowest BCUT2D eigenvalue weighted by atomic mass is 10.1. The molecule has 0 saturated heterocycles. The van der Waals surface area contributed by atoms with Gasteiger partial charge in [0, 0.05) is 6.20 Å². The van der Waals surface area contributed by atoms with Gasteiger partial charge in [0.2, 0.25) is 0 Å². The second kappa shape index (κ2) is 7.72. The highest BCUT2D eigenvalue weighted by molar-refractivity contribution is 6.01. The molecule has 0 unspecified atom stereocenters. The SMILES string of the molecule is C/C=C/C=O.Cc1ccnc(C(=O)O)c1C(=O)O. The molecule has 6 nitrogen and oxygen atoms in total. The number of aldehydes is 1. The Balaban J connectivity index is 0.000000494. The predicted octanol–water partition coefficient (Wildman–Crippen LogP) is 1.55. The Kier molecular flexibility index (Phi) is 6.65. The van der Waals surface area contributed by atoms with Crippen molar-refractivity contribution in [3.63, 3.8) is 0 Å². The maximum absolute atomic E-state index is 10.6. The fourth-order valence-electron chi connectivity index (χ4n) is 1.07. The molecule has 6 heteroatoms. The van der Waals surface area contributed by atoms with Crippen molar-refractivity contribution in [3.8, 4) is 0 Å². The summed E-state index contributed by atoms with van der Waals surface area (Å²) in [5.41, 5.74) is -0.289. The van der Waals surface area contributed by atoms with E-state index in [1.54, 1.807) is 13.0 Å². The summed E-state index contributed by atoms with van der Waals surface area (Å²) in [5, 5.41) is 17.3. The van der Waals surface area contributed by atoms with Crippen molar-refractivity contribution in [2.24, 2.45) is 0 Å². The van der Waals surface area contributed by atoms with Crippen LogP contribution in [0.5, 0.6) is 0 Å². The third-order valence-corrected chi connectivity index (χ3v) is 1.85. The van der Waals surface area contributed by atoms with Crippen molar-refractivity contribution in [1.82, 2.24) is 4.98 Å². The Bertz CT molecular complexity index is 479. The molecule has 0 aliphatic rings. The van der Waals surface area contributed by atoms with Crippen LogP contribution in [-0.2, 0) is 4.79 Å². The zero-order valence-electron chi connectivity index (χ0n) is 9.95. The number of hydrogen-bond acceptors (Lipinski definition) is 4. The molecule has 1 heterocycles. The van der Waals surface area contributed by atoms with E-state index in [2.05, 4.69) is 4.98 Å². The molecule has 0 fully saturated rings. The maximum atomic E-state index is 10.6. The largest absolute Gasteiger partial charge is 0.478 e. The highest BCUT2D eigenvalue weighted by atomic mass is 16.4. The van der Waals surface area contributed by atoms with Crippen LogP contribution in [0.4, 0.5) is 0 Å². The van der Waals surface area contributed by atoms with Crippen LogP contribution in [-0.4, -0.2) is 33.4 Å². The molecule has 0 bridgehead atoms. The lowest BCUT2D eigenvalue weighted by Gasteiger charge is -2.02. The van der Waals surface area contributed by atoms with E-state index in [1.807, 2.05) is 0 Å². The van der Waals surface area contributed by atoms with E-state index in [4.69, 9.17) is 10.2 Å². The average Bonchev–Trinajstić information content (AvgIpc) is 2.29. The summed E-state index contributed by atoms with van der Waals surface area (Å²) in [6, 6.07) is 1.45. The van der Waals surface area contributed by atoms with Crippen LogP contribution in [0.15, 0.2) is 24.4 Å². The van der Waals surface area contributed by atoms with Gasteiger partial charge in [-0.3, -0.25) is 4.79 Å². The van der Waals surface area contributed by atoms with Gasteiger partial charge in [-0.15, -0.1) is 0 Å². The molecule has 0 aliphatic carbocycles.